The van der Waals surface area contributed by atoms with Gasteiger partial charge in [0, 0.05) is 0 Å². The van der Waals surface area contributed by atoms with Gasteiger partial charge in [0.25, 0.3) is 5.91 Å². The van der Waals surface area contributed by atoms with Crippen LogP contribution in [-0.4, -0.2) is 24.3 Å². The number of amides is 1. The molecule has 0 aliphatic carbocycles. The molecular formula is C16H14ClIN2O3. The Morgan fingerprint density at radius 3 is 2.78 bits per heavy atom. The predicted molar refractivity (Wildman–Crippen MR) is 98.6 cm³/mol. The zero-order chi connectivity index (χ0) is 17.0. The number of aryl methyl sites for hydroxylation is 1. The van der Waals surface area contributed by atoms with E-state index in [2.05, 4.69) is 10.5 Å². The summed E-state index contributed by atoms with van der Waals surface area (Å²) in [6, 6.07) is 8.50. The summed E-state index contributed by atoms with van der Waals surface area (Å²) in [5, 5.41) is 14.1. The number of nitrogens with one attached hydrogen (secondary N) is 1. The van der Waals surface area contributed by atoms with Gasteiger partial charge in [-0.2, -0.15) is 5.10 Å². The summed E-state index contributed by atoms with van der Waals surface area (Å²) >= 11 is 8.02. The third-order valence-corrected chi connectivity index (χ3v) is 4.15. The zero-order valence-corrected chi connectivity index (χ0v) is 15.3. The number of ether oxygens (including phenoxy) is 1. The van der Waals surface area contributed by atoms with Crippen molar-refractivity contribution >= 4 is 46.3 Å². The fraction of sp³-hybridized carbons (Fsp3) is 0.125. The molecule has 0 saturated carbocycles. The molecule has 0 saturated heterocycles. The maximum atomic E-state index is 12.0. The van der Waals surface area contributed by atoms with Gasteiger partial charge in [0.05, 0.1) is 27.5 Å². The van der Waals surface area contributed by atoms with E-state index in [1.807, 2.05) is 29.5 Å². The van der Waals surface area contributed by atoms with Crippen molar-refractivity contribution in [3.05, 3.63) is 55.6 Å². The third-order valence-electron chi connectivity index (χ3n) is 3.02. The average Bonchev–Trinajstić information content (AvgIpc) is 2.50. The minimum atomic E-state index is -0.397. The van der Waals surface area contributed by atoms with Gasteiger partial charge in [-0.3, -0.25) is 4.79 Å². The van der Waals surface area contributed by atoms with Gasteiger partial charge in [-0.15, -0.1) is 0 Å². The molecule has 2 rings (SSSR count). The van der Waals surface area contributed by atoms with Crippen LogP contribution in [0.4, 0.5) is 0 Å². The molecule has 0 radical (unpaired) electrons. The second-order valence-electron chi connectivity index (χ2n) is 4.74. The van der Waals surface area contributed by atoms with E-state index in [1.165, 1.54) is 13.3 Å². The lowest BCUT2D eigenvalue weighted by molar-refractivity contribution is 0.0955. The molecule has 0 aliphatic rings. The fourth-order valence-electron chi connectivity index (χ4n) is 1.85. The molecule has 2 aromatic carbocycles. The molecule has 2 N–H and O–H groups in total. The Morgan fingerprint density at radius 2 is 2.13 bits per heavy atom. The number of benzene rings is 2. The van der Waals surface area contributed by atoms with Crippen molar-refractivity contribution in [1.82, 2.24) is 5.43 Å². The van der Waals surface area contributed by atoms with Crippen molar-refractivity contribution < 1.29 is 14.6 Å². The van der Waals surface area contributed by atoms with E-state index in [9.17, 15) is 9.90 Å². The van der Waals surface area contributed by atoms with Gasteiger partial charge in [0.1, 0.15) is 0 Å². The van der Waals surface area contributed by atoms with Gasteiger partial charge >= 0.3 is 0 Å². The van der Waals surface area contributed by atoms with Gasteiger partial charge in [0.2, 0.25) is 0 Å². The minimum absolute atomic E-state index is 0.0701. The van der Waals surface area contributed by atoms with Crippen LogP contribution in [0.15, 0.2) is 35.4 Å². The second kappa shape index (κ2) is 7.65. The van der Waals surface area contributed by atoms with Crippen LogP contribution in [0.3, 0.4) is 0 Å². The van der Waals surface area contributed by atoms with Crippen LogP contribution in [0.5, 0.6) is 11.5 Å². The number of aromatic hydroxyl groups is 1. The number of hydrogen-bond acceptors (Lipinski definition) is 4. The first-order valence-corrected chi connectivity index (χ1v) is 8.04. The highest BCUT2D eigenvalue weighted by Crippen LogP contribution is 2.31. The number of phenols is 1. The molecule has 0 aliphatic heterocycles. The number of halogens is 2. The van der Waals surface area contributed by atoms with E-state index < -0.39 is 5.91 Å². The van der Waals surface area contributed by atoms with Crippen LogP contribution in [0.1, 0.15) is 21.5 Å². The van der Waals surface area contributed by atoms with Crippen LogP contribution in [0.25, 0.3) is 0 Å². The molecule has 0 bridgehead atoms. The SMILES string of the molecule is COc1cc(C=NNC(=O)c2ccc(C)cc2Cl)cc(I)c1O. The first-order valence-electron chi connectivity index (χ1n) is 6.58. The summed E-state index contributed by atoms with van der Waals surface area (Å²) in [6.45, 7) is 1.89. The molecule has 0 heterocycles. The van der Waals surface area contributed by atoms with Crippen LogP contribution in [-0.2, 0) is 0 Å². The third kappa shape index (κ3) is 4.35. The number of hydrazone groups is 1. The summed E-state index contributed by atoms with van der Waals surface area (Å²) in [5.74, 6) is 0.0127. The number of nitrogens with zero attached hydrogens (tertiary/aromatic N) is 1. The topological polar surface area (TPSA) is 70.9 Å². The van der Waals surface area contributed by atoms with Crippen molar-refractivity contribution in [3.8, 4) is 11.5 Å². The van der Waals surface area contributed by atoms with E-state index >= 15 is 0 Å². The summed E-state index contributed by atoms with van der Waals surface area (Å²) in [6.07, 6.45) is 1.46. The first kappa shape index (κ1) is 17.6. The first-order chi connectivity index (χ1) is 10.9. The Labute approximate surface area is 152 Å². The average molecular weight is 445 g/mol. The van der Waals surface area contributed by atoms with Gasteiger partial charge in [0.15, 0.2) is 11.5 Å². The molecule has 7 heteroatoms. The van der Waals surface area contributed by atoms with Crippen LogP contribution >= 0.6 is 34.2 Å². The Hall–Kier alpha value is -1.80. The van der Waals surface area contributed by atoms with Crippen molar-refractivity contribution in [1.29, 1.82) is 0 Å². The molecule has 120 valence electrons. The Bertz CT molecular complexity index is 778. The van der Waals surface area contributed by atoms with Crippen LogP contribution < -0.4 is 10.2 Å². The number of hydrogen-bond donors (Lipinski definition) is 2. The second-order valence-corrected chi connectivity index (χ2v) is 6.31. The highest BCUT2D eigenvalue weighted by molar-refractivity contribution is 14.1. The predicted octanol–water partition coefficient (Wildman–Crippen LogP) is 3.73. The number of carbonyl (C=O) groups excluding carboxylic acids is 1. The Balaban J connectivity index is 2.12. The Kier molecular flexibility index (Phi) is 5.84. The smallest absolute Gasteiger partial charge is 0.272 e. The number of phenolic OH excluding ortho intramolecular Hbond substituents is 1. The maximum absolute atomic E-state index is 12.0. The largest absolute Gasteiger partial charge is 0.504 e. The van der Waals surface area contributed by atoms with E-state index in [0.717, 1.165) is 5.56 Å². The maximum Gasteiger partial charge on any atom is 0.272 e. The van der Waals surface area contributed by atoms with Crippen molar-refractivity contribution in [3.63, 3.8) is 0 Å². The van der Waals surface area contributed by atoms with E-state index in [-0.39, 0.29) is 5.75 Å². The lowest BCUT2D eigenvalue weighted by atomic mass is 10.1. The van der Waals surface area contributed by atoms with Crippen LogP contribution in [0.2, 0.25) is 5.02 Å². The molecule has 5 nitrogen and oxygen atoms in total. The number of methoxy groups -OCH3 is 1. The highest BCUT2D eigenvalue weighted by atomic mass is 127. The molecule has 2 aromatic rings. The van der Waals surface area contributed by atoms with Crippen LogP contribution in [0, 0.1) is 10.5 Å². The summed E-state index contributed by atoms with van der Waals surface area (Å²) in [5.41, 5.74) is 4.43. The zero-order valence-electron chi connectivity index (χ0n) is 12.4. The molecule has 1 amide bonds. The molecule has 0 spiro atoms. The Morgan fingerprint density at radius 1 is 1.39 bits per heavy atom. The molecule has 0 unspecified atom stereocenters. The lowest BCUT2D eigenvalue weighted by Crippen LogP contribution is -2.18. The molecular weight excluding hydrogens is 431 g/mol. The van der Waals surface area contributed by atoms with Crippen molar-refractivity contribution in [2.24, 2.45) is 5.10 Å². The van der Waals surface area contributed by atoms with Crippen molar-refractivity contribution in [2.75, 3.05) is 7.11 Å². The van der Waals surface area contributed by atoms with E-state index in [1.54, 1.807) is 30.3 Å². The monoisotopic (exact) mass is 444 g/mol. The van der Waals surface area contributed by atoms with Gasteiger partial charge in [-0.05, 0) is 64.9 Å². The molecule has 0 aromatic heterocycles. The molecule has 0 fully saturated rings. The van der Waals surface area contributed by atoms with Crippen molar-refractivity contribution in [2.45, 2.75) is 6.92 Å². The highest BCUT2D eigenvalue weighted by Gasteiger charge is 2.10. The number of rotatable bonds is 4. The quantitative estimate of drug-likeness (QED) is 0.429. The van der Waals surface area contributed by atoms with E-state index in [0.29, 0.717) is 25.5 Å². The summed E-state index contributed by atoms with van der Waals surface area (Å²) in [4.78, 5) is 12.0. The fourth-order valence-corrected chi connectivity index (χ4v) is 2.80. The van der Waals surface area contributed by atoms with Gasteiger partial charge < -0.3 is 9.84 Å². The standard InChI is InChI=1S/C16H14ClIN2O3/c1-9-3-4-11(12(17)5-9)16(22)20-19-8-10-6-13(18)15(21)14(7-10)23-2/h3-8,21H,1-2H3,(H,20,22). The summed E-state index contributed by atoms with van der Waals surface area (Å²) in [7, 11) is 1.47. The minimum Gasteiger partial charge on any atom is -0.504 e. The van der Waals surface area contributed by atoms with Gasteiger partial charge in [-0.1, -0.05) is 17.7 Å². The molecule has 0 atom stereocenters. The van der Waals surface area contributed by atoms with E-state index in [4.69, 9.17) is 16.3 Å². The summed E-state index contributed by atoms with van der Waals surface area (Å²) < 4.78 is 5.69. The molecule has 23 heavy (non-hydrogen) atoms. The number of carbonyl (C=O) groups is 1. The lowest BCUT2D eigenvalue weighted by Gasteiger charge is -2.06. The van der Waals surface area contributed by atoms with Gasteiger partial charge in [-0.25, -0.2) is 5.43 Å². The normalized spacial score (nSPS) is 10.8.